The van der Waals surface area contributed by atoms with Gasteiger partial charge in [0.05, 0.1) is 12.7 Å². The van der Waals surface area contributed by atoms with Gasteiger partial charge in [-0.25, -0.2) is 0 Å². The molecule has 23 heavy (non-hydrogen) atoms. The van der Waals surface area contributed by atoms with Gasteiger partial charge in [-0.3, -0.25) is 4.79 Å². The fourth-order valence-corrected chi connectivity index (χ4v) is 2.40. The van der Waals surface area contributed by atoms with Crippen LogP contribution in [-0.2, 0) is 17.9 Å². The molecule has 0 spiro atoms. The van der Waals surface area contributed by atoms with Crippen LogP contribution in [0.1, 0.15) is 46.5 Å². The van der Waals surface area contributed by atoms with Crippen LogP contribution in [0.3, 0.4) is 0 Å². The first-order valence-corrected chi connectivity index (χ1v) is 8.02. The number of benzene rings is 2. The number of hydrogen-bond donors (Lipinski definition) is 1. The summed E-state index contributed by atoms with van der Waals surface area (Å²) in [5.74, 6) is -0.0363. The van der Waals surface area contributed by atoms with Gasteiger partial charge in [0.2, 0.25) is 0 Å². The highest BCUT2D eigenvalue weighted by molar-refractivity contribution is 5.95. The Morgan fingerprint density at radius 3 is 2.43 bits per heavy atom. The van der Waals surface area contributed by atoms with E-state index in [1.165, 1.54) is 0 Å². The number of amides is 1. The summed E-state index contributed by atoms with van der Waals surface area (Å²) >= 11 is 0. The molecule has 2 aromatic rings. The van der Waals surface area contributed by atoms with Crippen LogP contribution < -0.4 is 5.32 Å². The molecule has 0 atom stereocenters. The first kappa shape index (κ1) is 17.2. The summed E-state index contributed by atoms with van der Waals surface area (Å²) in [4.78, 5) is 12.4. The SMILES string of the molecule is Cc1cccc(C(=O)NCc2ccccc2COC(C)C)c1C. The molecule has 0 radical (unpaired) electrons. The second kappa shape index (κ2) is 7.93. The first-order chi connectivity index (χ1) is 11.0. The highest BCUT2D eigenvalue weighted by Crippen LogP contribution is 2.14. The maximum atomic E-state index is 12.4. The van der Waals surface area contributed by atoms with Gasteiger partial charge in [0.25, 0.3) is 5.91 Å². The van der Waals surface area contributed by atoms with Gasteiger partial charge >= 0.3 is 0 Å². The lowest BCUT2D eigenvalue weighted by molar-refractivity contribution is 0.0651. The van der Waals surface area contributed by atoms with Gasteiger partial charge in [-0.2, -0.15) is 0 Å². The third-order valence-corrected chi connectivity index (χ3v) is 3.98. The Morgan fingerprint density at radius 1 is 1.04 bits per heavy atom. The number of rotatable bonds is 6. The maximum Gasteiger partial charge on any atom is 0.251 e. The zero-order valence-electron chi connectivity index (χ0n) is 14.3. The van der Waals surface area contributed by atoms with Crippen molar-refractivity contribution in [1.29, 1.82) is 0 Å². The molecule has 2 aromatic carbocycles. The molecule has 0 saturated carbocycles. The Labute approximate surface area is 138 Å². The maximum absolute atomic E-state index is 12.4. The van der Waals surface area contributed by atoms with Crippen molar-refractivity contribution in [2.75, 3.05) is 0 Å². The van der Waals surface area contributed by atoms with Crippen LogP contribution in [-0.4, -0.2) is 12.0 Å². The second-order valence-electron chi connectivity index (χ2n) is 6.06. The van der Waals surface area contributed by atoms with Crippen LogP contribution in [0, 0.1) is 13.8 Å². The highest BCUT2D eigenvalue weighted by atomic mass is 16.5. The quantitative estimate of drug-likeness (QED) is 0.870. The first-order valence-electron chi connectivity index (χ1n) is 8.02. The standard InChI is InChI=1S/C20H25NO2/c1-14(2)23-13-18-10-6-5-9-17(18)12-21-20(22)19-11-7-8-15(3)16(19)4/h5-11,14H,12-13H2,1-4H3,(H,21,22). The lowest BCUT2D eigenvalue weighted by Crippen LogP contribution is -2.24. The second-order valence-corrected chi connectivity index (χ2v) is 6.06. The topological polar surface area (TPSA) is 38.3 Å². The van der Waals surface area contributed by atoms with E-state index in [2.05, 4.69) is 5.32 Å². The predicted molar refractivity (Wildman–Crippen MR) is 93.5 cm³/mol. The van der Waals surface area contributed by atoms with Crippen LogP contribution in [0.5, 0.6) is 0 Å². The van der Waals surface area contributed by atoms with E-state index >= 15 is 0 Å². The third kappa shape index (κ3) is 4.67. The van der Waals surface area contributed by atoms with Crippen LogP contribution in [0.4, 0.5) is 0 Å². The van der Waals surface area contributed by atoms with Gasteiger partial charge in [0.1, 0.15) is 0 Å². The van der Waals surface area contributed by atoms with E-state index in [1.54, 1.807) is 0 Å². The third-order valence-electron chi connectivity index (χ3n) is 3.98. The normalized spacial score (nSPS) is 10.8. The average molecular weight is 311 g/mol. The van der Waals surface area contributed by atoms with Gasteiger partial charge in [0.15, 0.2) is 0 Å². The molecule has 0 aromatic heterocycles. The Balaban J connectivity index is 2.06. The summed E-state index contributed by atoms with van der Waals surface area (Å²) < 4.78 is 5.68. The molecule has 122 valence electrons. The van der Waals surface area contributed by atoms with Crippen molar-refractivity contribution in [3.05, 3.63) is 70.3 Å². The average Bonchev–Trinajstić information content (AvgIpc) is 2.54. The smallest absolute Gasteiger partial charge is 0.251 e. The van der Waals surface area contributed by atoms with E-state index in [0.29, 0.717) is 13.2 Å². The molecule has 1 N–H and O–H groups in total. The monoisotopic (exact) mass is 311 g/mol. The molecule has 0 unspecified atom stereocenters. The number of hydrogen-bond acceptors (Lipinski definition) is 2. The number of ether oxygens (including phenoxy) is 1. The van der Waals surface area contributed by atoms with Crippen LogP contribution in [0.25, 0.3) is 0 Å². The molecule has 2 rings (SSSR count). The number of nitrogens with one attached hydrogen (secondary N) is 1. The highest BCUT2D eigenvalue weighted by Gasteiger charge is 2.11. The zero-order chi connectivity index (χ0) is 16.8. The molecule has 3 heteroatoms. The van der Waals surface area contributed by atoms with Crippen molar-refractivity contribution in [3.8, 4) is 0 Å². The molecular formula is C20H25NO2. The Hall–Kier alpha value is -2.13. The minimum atomic E-state index is -0.0363. The van der Waals surface area contributed by atoms with E-state index in [1.807, 2.05) is 70.2 Å². The minimum absolute atomic E-state index is 0.0363. The minimum Gasteiger partial charge on any atom is -0.374 e. The van der Waals surface area contributed by atoms with Crippen molar-refractivity contribution in [3.63, 3.8) is 0 Å². The van der Waals surface area contributed by atoms with E-state index in [9.17, 15) is 4.79 Å². The predicted octanol–water partition coefficient (Wildman–Crippen LogP) is 4.16. The van der Waals surface area contributed by atoms with Crippen LogP contribution in [0.15, 0.2) is 42.5 Å². The largest absolute Gasteiger partial charge is 0.374 e. The van der Waals surface area contributed by atoms with Gasteiger partial charge < -0.3 is 10.1 Å². The fourth-order valence-electron chi connectivity index (χ4n) is 2.40. The van der Waals surface area contributed by atoms with Crippen molar-refractivity contribution < 1.29 is 9.53 Å². The zero-order valence-corrected chi connectivity index (χ0v) is 14.3. The number of carbonyl (C=O) groups excluding carboxylic acids is 1. The van der Waals surface area contributed by atoms with E-state index in [0.717, 1.165) is 27.8 Å². The Bertz CT molecular complexity index is 677. The van der Waals surface area contributed by atoms with Gasteiger partial charge in [-0.1, -0.05) is 36.4 Å². The van der Waals surface area contributed by atoms with Crippen molar-refractivity contribution in [2.24, 2.45) is 0 Å². The van der Waals surface area contributed by atoms with Crippen molar-refractivity contribution in [2.45, 2.75) is 47.0 Å². The Kier molecular flexibility index (Phi) is 5.94. The lowest BCUT2D eigenvalue weighted by Gasteiger charge is -2.14. The van der Waals surface area contributed by atoms with Crippen molar-refractivity contribution >= 4 is 5.91 Å². The van der Waals surface area contributed by atoms with Gasteiger partial charge in [-0.15, -0.1) is 0 Å². The molecule has 0 fully saturated rings. The lowest BCUT2D eigenvalue weighted by atomic mass is 10.0. The number of carbonyl (C=O) groups is 1. The molecule has 0 aliphatic rings. The van der Waals surface area contributed by atoms with Gasteiger partial charge in [0, 0.05) is 12.1 Å². The van der Waals surface area contributed by atoms with Gasteiger partial charge in [-0.05, 0) is 56.0 Å². The van der Waals surface area contributed by atoms with Crippen LogP contribution in [0.2, 0.25) is 0 Å². The van der Waals surface area contributed by atoms with Crippen molar-refractivity contribution in [1.82, 2.24) is 5.32 Å². The summed E-state index contributed by atoms with van der Waals surface area (Å²) in [5, 5.41) is 3.02. The summed E-state index contributed by atoms with van der Waals surface area (Å²) in [7, 11) is 0. The summed E-state index contributed by atoms with van der Waals surface area (Å²) in [6.07, 6.45) is 0.188. The molecule has 0 bridgehead atoms. The Morgan fingerprint density at radius 2 is 1.74 bits per heavy atom. The molecule has 0 aliphatic heterocycles. The summed E-state index contributed by atoms with van der Waals surface area (Å²) in [5.41, 5.74) is 5.10. The van der Waals surface area contributed by atoms with Crippen LogP contribution >= 0.6 is 0 Å². The molecule has 0 aliphatic carbocycles. The molecule has 0 heterocycles. The summed E-state index contributed by atoms with van der Waals surface area (Å²) in [6, 6.07) is 13.9. The molecule has 1 amide bonds. The number of aryl methyl sites for hydroxylation is 1. The molecule has 3 nitrogen and oxygen atoms in total. The van der Waals surface area contributed by atoms with E-state index in [4.69, 9.17) is 4.74 Å². The molecular weight excluding hydrogens is 286 g/mol. The van der Waals surface area contributed by atoms with E-state index in [-0.39, 0.29) is 12.0 Å². The fraction of sp³-hybridized carbons (Fsp3) is 0.350. The van der Waals surface area contributed by atoms with E-state index < -0.39 is 0 Å². The summed E-state index contributed by atoms with van der Waals surface area (Å²) in [6.45, 7) is 9.10. The molecule has 0 saturated heterocycles.